The molecule has 0 aromatic heterocycles. The highest BCUT2D eigenvalue weighted by atomic mass is 35.5. The van der Waals surface area contributed by atoms with Crippen molar-refractivity contribution in [3.8, 4) is 5.75 Å². The molecule has 1 N–H and O–H groups in total. The van der Waals surface area contributed by atoms with E-state index in [1.165, 1.54) is 55.1 Å². The number of benzene rings is 3. The van der Waals surface area contributed by atoms with E-state index in [0.29, 0.717) is 16.7 Å². The summed E-state index contributed by atoms with van der Waals surface area (Å²) in [4.78, 5) is 2.62. The van der Waals surface area contributed by atoms with Crippen LogP contribution in [0.5, 0.6) is 5.75 Å². The molecular weight excluding hydrogens is 463 g/mol. The number of unbranched alkanes of at least 4 members (excludes halogenated alkanes) is 2. The molecule has 0 saturated carbocycles. The van der Waals surface area contributed by atoms with Gasteiger partial charge in [0, 0.05) is 12.1 Å². The maximum atomic E-state index is 6.26. The maximum Gasteiger partial charge on any atom is 0.124 e. The summed E-state index contributed by atoms with van der Waals surface area (Å²) >= 11 is 12.2. The number of rotatable bonds is 15. The Morgan fingerprint density at radius 1 is 0.824 bits per heavy atom. The third-order valence-corrected chi connectivity index (χ3v) is 6.90. The number of fused-ring (bicyclic) bond motifs is 1. The van der Waals surface area contributed by atoms with E-state index in [1.54, 1.807) is 0 Å². The van der Waals surface area contributed by atoms with Gasteiger partial charge in [-0.3, -0.25) is 0 Å². The molecule has 34 heavy (non-hydrogen) atoms. The third-order valence-electron chi connectivity index (χ3n) is 6.16. The molecule has 3 aromatic rings. The Morgan fingerprint density at radius 3 is 2.29 bits per heavy atom. The number of nitrogens with one attached hydrogen (secondary N) is 1. The number of nitrogens with zero attached hydrogens (tertiary/aromatic N) is 1. The highest BCUT2D eigenvalue weighted by Crippen LogP contribution is 2.29. The van der Waals surface area contributed by atoms with E-state index in [-0.39, 0.29) is 0 Å². The van der Waals surface area contributed by atoms with Crippen LogP contribution in [-0.2, 0) is 13.2 Å². The largest absolute Gasteiger partial charge is 0.489 e. The monoisotopic (exact) mass is 500 g/mol. The molecule has 0 atom stereocenters. The Kier molecular flexibility index (Phi) is 11.5. The molecule has 0 heterocycles. The minimum Gasteiger partial charge on any atom is -0.489 e. The van der Waals surface area contributed by atoms with Crippen molar-refractivity contribution >= 4 is 34.0 Å². The molecule has 0 unspecified atom stereocenters. The number of ether oxygens (including phenoxy) is 1. The van der Waals surface area contributed by atoms with Gasteiger partial charge in [0.15, 0.2) is 0 Å². The fourth-order valence-corrected chi connectivity index (χ4v) is 4.48. The van der Waals surface area contributed by atoms with Gasteiger partial charge >= 0.3 is 0 Å². The average Bonchev–Trinajstić information content (AvgIpc) is 2.86. The summed E-state index contributed by atoms with van der Waals surface area (Å²) in [5.41, 5.74) is 2.20. The Labute approximate surface area is 215 Å². The first-order chi connectivity index (χ1) is 16.6. The van der Waals surface area contributed by atoms with Crippen molar-refractivity contribution < 1.29 is 4.74 Å². The van der Waals surface area contributed by atoms with Crippen molar-refractivity contribution in [1.29, 1.82) is 0 Å². The Bertz CT molecular complexity index is 1020. The lowest BCUT2D eigenvalue weighted by Gasteiger charge is -2.22. The molecule has 0 aliphatic carbocycles. The standard InChI is InChI=1S/C29H38Cl2N2O/c1-3-5-17-33(18-6-4-2)19-9-16-32-21-26-25-11-8-7-10-24(25)13-15-29(26)34-22-23-12-14-27(30)28(31)20-23/h7-8,10-15,20,32H,3-6,9,16-19,21-22H2,1-2H3. The minimum atomic E-state index is 0.450. The molecule has 0 saturated heterocycles. The molecule has 184 valence electrons. The number of hydrogen-bond acceptors (Lipinski definition) is 3. The van der Waals surface area contributed by atoms with Crippen LogP contribution in [-0.4, -0.2) is 31.1 Å². The van der Waals surface area contributed by atoms with Crippen LogP contribution >= 0.6 is 23.2 Å². The van der Waals surface area contributed by atoms with Gasteiger partial charge in [0.25, 0.3) is 0 Å². The summed E-state index contributed by atoms with van der Waals surface area (Å²) in [6, 6.07) is 18.3. The lowest BCUT2D eigenvalue weighted by molar-refractivity contribution is 0.260. The van der Waals surface area contributed by atoms with Crippen LogP contribution in [0.1, 0.15) is 57.1 Å². The Morgan fingerprint density at radius 2 is 1.56 bits per heavy atom. The normalized spacial score (nSPS) is 11.4. The number of halogens is 2. The summed E-state index contributed by atoms with van der Waals surface area (Å²) in [7, 11) is 0. The molecule has 0 aliphatic heterocycles. The fourth-order valence-electron chi connectivity index (χ4n) is 4.16. The van der Waals surface area contributed by atoms with Gasteiger partial charge in [-0.1, -0.05) is 86.3 Å². The van der Waals surface area contributed by atoms with Crippen LogP contribution in [0.4, 0.5) is 0 Å². The van der Waals surface area contributed by atoms with Gasteiger partial charge < -0.3 is 15.0 Å². The highest BCUT2D eigenvalue weighted by molar-refractivity contribution is 6.42. The van der Waals surface area contributed by atoms with Gasteiger partial charge in [-0.05, 0) is 80.0 Å². The van der Waals surface area contributed by atoms with E-state index >= 15 is 0 Å². The molecule has 0 fully saturated rings. The predicted molar refractivity (Wildman–Crippen MR) is 147 cm³/mol. The first-order valence-corrected chi connectivity index (χ1v) is 13.4. The predicted octanol–water partition coefficient (Wildman–Crippen LogP) is 8.11. The quantitative estimate of drug-likeness (QED) is 0.213. The van der Waals surface area contributed by atoms with E-state index < -0.39 is 0 Å². The zero-order chi connectivity index (χ0) is 24.2. The van der Waals surface area contributed by atoms with Crippen molar-refractivity contribution in [2.24, 2.45) is 0 Å². The summed E-state index contributed by atoms with van der Waals surface area (Å²) in [6.07, 6.45) is 6.23. The second kappa shape index (κ2) is 14.6. The van der Waals surface area contributed by atoms with Gasteiger partial charge in [-0.25, -0.2) is 0 Å². The molecule has 0 amide bonds. The highest BCUT2D eigenvalue weighted by Gasteiger charge is 2.10. The zero-order valence-corrected chi connectivity index (χ0v) is 22.1. The molecule has 0 bridgehead atoms. The molecule has 0 spiro atoms. The van der Waals surface area contributed by atoms with Crippen molar-refractivity contribution in [3.05, 3.63) is 75.8 Å². The van der Waals surface area contributed by atoms with E-state index in [0.717, 1.165) is 37.4 Å². The fraction of sp³-hybridized carbons (Fsp3) is 0.448. The molecule has 3 aromatic carbocycles. The molecule has 0 aliphatic rings. The average molecular weight is 502 g/mol. The van der Waals surface area contributed by atoms with Crippen LogP contribution in [0.3, 0.4) is 0 Å². The van der Waals surface area contributed by atoms with Crippen LogP contribution < -0.4 is 10.1 Å². The van der Waals surface area contributed by atoms with Crippen LogP contribution in [0.2, 0.25) is 10.0 Å². The first-order valence-electron chi connectivity index (χ1n) is 12.6. The summed E-state index contributed by atoms with van der Waals surface area (Å²) < 4.78 is 6.26. The summed E-state index contributed by atoms with van der Waals surface area (Å²) in [5.74, 6) is 0.907. The first kappa shape index (κ1) is 26.8. The maximum absolute atomic E-state index is 6.26. The SMILES string of the molecule is CCCCN(CCCC)CCCNCc1c(OCc2ccc(Cl)c(Cl)c2)ccc2ccccc12. The topological polar surface area (TPSA) is 24.5 Å². The molecule has 3 rings (SSSR count). The lowest BCUT2D eigenvalue weighted by atomic mass is 10.0. The molecule has 5 heteroatoms. The second-order valence-corrected chi connectivity index (χ2v) is 9.69. The van der Waals surface area contributed by atoms with Crippen molar-refractivity contribution in [3.63, 3.8) is 0 Å². The molecular formula is C29H38Cl2N2O. The van der Waals surface area contributed by atoms with E-state index in [4.69, 9.17) is 27.9 Å². The number of hydrogen-bond donors (Lipinski definition) is 1. The van der Waals surface area contributed by atoms with Crippen LogP contribution in [0, 0.1) is 0 Å². The Balaban J connectivity index is 1.61. The zero-order valence-electron chi connectivity index (χ0n) is 20.6. The second-order valence-electron chi connectivity index (χ2n) is 8.88. The smallest absolute Gasteiger partial charge is 0.124 e. The minimum absolute atomic E-state index is 0.450. The molecule has 3 nitrogen and oxygen atoms in total. The van der Waals surface area contributed by atoms with Gasteiger partial charge in [-0.2, -0.15) is 0 Å². The van der Waals surface area contributed by atoms with Crippen molar-refractivity contribution in [2.45, 2.75) is 59.1 Å². The lowest BCUT2D eigenvalue weighted by Crippen LogP contribution is -2.29. The van der Waals surface area contributed by atoms with Gasteiger partial charge in [-0.15, -0.1) is 0 Å². The Hall–Kier alpha value is -1.78. The summed E-state index contributed by atoms with van der Waals surface area (Å²) in [5, 5.41) is 7.24. The van der Waals surface area contributed by atoms with Gasteiger partial charge in [0.1, 0.15) is 12.4 Å². The van der Waals surface area contributed by atoms with Crippen LogP contribution in [0.15, 0.2) is 54.6 Å². The van der Waals surface area contributed by atoms with E-state index in [2.05, 4.69) is 60.5 Å². The van der Waals surface area contributed by atoms with Crippen molar-refractivity contribution in [2.75, 3.05) is 26.2 Å². The van der Waals surface area contributed by atoms with Gasteiger partial charge in [0.2, 0.25) is 0 Å². The molecule has 0 radical (unpaired) electrons. The van der Waals surface area contributed by atoms with Crippen molar-refractivity contribution in [1.82, 2.24) is 10.2 Å². The van der Waals surface area contributed by atoms with Crippen LogP contribution in [0.25, 0.3) is 10.8 Å². The summed E-state index contributed by atoms with van der Waals surface area (Å²) in [6.45, 7) is 10.3. The van der Waals surface area contributed by atoms with Gasteiger partial charge in [0.05, 0.1) is 10.0 Å². The third kappa shape index (κ3) is 8.16. The van der Waals surface area contributed by atoms with E-state index in [1.807, 2.05) is 18.2 Å². The van der Waals surface area contributed by atoms with E-state index in [9.17, 15) is 0 Å².